The highest BCUT2D eigenvalue weighted by molar-refractivity contribution is 6.45. The van der Waals surface area contributed by atoms with Crippen LogP contribution in [0.1, 0.15) is 0 Å². The molecule has 1 aliphatic heterocycles. The first-order valence-corrected chi connectivity index (χ1v) is 7.30. The van der Waals surface area contributed by atoms with Gasteiger partial charge in [0.2, 0.25) is 0 Å². The summed E-state index contributed by atoms with van der Waals surface area (Å²) in [6.45, 7) is -0.0759. The minimum absolute atomic E-state index is 0.0139. The molecule has 0 aliphatic carbocycles. The van der Waals surface area contributed by atoms with E-state index in [1.807, 2.05) is 0 Å². The number of halogens is 1. The second kappa shape index (κ2) is 6.67. The molecular weight excluding hydrogens is 313 g/mol. The SMILES string of the molecule is COCN1C(=O)/C(=N/O)CN(c2ccccc2F)c2ccccc21. The van der Waals surface area contributed by atoms with E-state index in [-0.39, 0.29) is 24.7 Å². The molecule has 0 aromatic heterocycles. The summed E-state index contributed by atoms with van der Waals surface area (Å²) in [5.41, 5.74) is 1.35. The van der Waals surface area contributed by atoms with Gasteiger partial charge in [0.25, 0.3) is 5.91 Å². The Balaban J connectivity index is 2.21. The van der Waals surface area contributed by atoms with Gasteiger partial charge in [-0.1, -0.05) is 29.4 Å². The summed E-state index contributed by atoms with van der Waals surface area (Å²) in [6.07, 6.45) is 0. The molecule has 124 valence electrons. The van der Waals surface area contributed by atoms with Crippen molar-refractivity contribution < 1.29 is 19.1 Å². The fourth-order valence-electron chi connectivity index (χ4n) is 2.71. The topological polar surface area (TPSA) is 65.4 Å². The third-order valence-corrected chi connectivity index (χ3v) is 3.79. The molecule has 0 unspecified atom stereocenters. The quantitative estimate of drug-likeness (QED) is 0.695. The number of oxime groups is 1. The first kappa shape index (κ1) is 15.9. The number of anilines is 3. The minimum atomic E-state index is -0.495. The van der Waals surface area contributed by atoms with E-state index in [0.717, 1.165) is 0 Å². The molecule has 0 bridgehead atoms. The van der Waals surface area contributed by atoms with Crippen molar-refractivity contribution in [2.75, 3.05) is 30.2 Å². The Morgan fingerprint density at radius 3 is 2.38 bits per heavy atom. The molecule has 0 radical (unpaired) electrons. The lowest BCUT2D eigenvalue weighted by Crippen LogP contribution is -2.39. The maximum absolute atomic E-state index is 14.3. The molecule has 0 atom stereocenters. The van der Waals surface area contributed by atoms with Crippen LogP contribution < -0.4 is 9.80 Å². The van der Waals surface area contributed by atoms with E-state index in [9.17, 15) is 14.4 Å². The highest BCUT2D eigenvalue weighted by Crippen LogP contribution is 2.37. The lowest BCUT2D eigenvalue weighted by Gasteiger charge is -2.26. The van der Waals surface area contributed by atoms with Crippen LogP contribution in [0, 0.1) is 5.82 Å². The Morgan fingerprint density at radius 1 is 1.12 bits per heavy atom. The summed E-state index contributed by atoms with van der Waals surface area (Å²) >= 11 is 0. The lowest BCUT2D eigenvalue weighted by molar-refractivity contribution is -0.113. The van der Waals surface area contributed by atoms with Crippen LogP contribution in [0.2, 0.25) is 0 Å². The highest BCUT2D eigenvalue weighted by atomic mass is 19.1. The third kappa shape index (κ3) is 2.69. The molecule has 0 saturated carbocycles. The second-order valence-electron chi connectivity index (χ2n) is 5.22. The van der Waals surface area contributed by atoms with E-state index in [0.29, 0.717) is 11.4 Å². The Labute approximate surface area is 138 Å². The average molecular weight is 329 g/mol. The highest BCUT2D eigenvalue weighted by Gasteiger charge is 2.32. The third-order valence-electron chi connectivity index (χ3n) is 3.79. The van der Waals surface area contributed by atoms with Gasteiger partial charge in [0.15, 0.2) is 5.71 Å². The molecule has 1 aliphatic rings. The van der Waals surface area contributed by atoms with Crippen molar-refractivity contribution in [1.29, 1.82) is 0 Å². The smallest absolute Gasteiger partial charge is 0.279 e. The zero-order chi connectivity index (χ0) is 17.1. The molecule has 2 aromatic rings. The molecule has 24 heavy (non-hydrogen) atoms. The van der Waals surface area contributed by atoms with Gasteiger partial charge in [-0.2, -0.15) is 0 Å². The molecule has 0 spiro atoms. The fourth-order valence-corrected chi connectivity index (χ4v) is 2.71. The van der Waals surface area contributed by atoms with Crippen molar-refractivity contribution in [2.24, 2.45) is 5.16 Å². The van der Waals surface area contributed by atoms with Gasteiger partial charge in [-0.15, -0.1) is 0 Å². The summed E-state index contributed by atoms with van der Waals surface area (Å²) < 4.78 is 19.4. The van der Waals surface area contributed by atoms with Crippen LogP contribution in [0.3, 0.4) is 0 Å². The predicted octanol–water partition coefficient (Wildman–Crippen LogP) is 2.74. The van der Waals surface area contributed by atoms with Gasteiger partial charge in [0.1, 0.15) is 12.5 Å². The van der Waals surface area contributed by atoms with Crippen LogP contribution in [-0.2, 0) is 9.53 Å². The standard InChI is InChI=1S/C17H16FN3O3/c1-24-11-21-16-9-5-4-8-15(16)20(10-13(19-23)17(21)22)14-7-3-2-6-12(14)18/h2-9,23H,10-11H2,1H3/b19-13+. The van der Waals surface area contributed by atoms with Gasteiger partial charge in [-0.3, -0.25) is 9.69 Å². The van der Waals surface area contributed by atoms with E-state index in [1.54, 1.807) is 47.4 Å². The minimum Gasteiger partial charge on any atom is -0.410 e. The Morgan fingerprint density at radius 2 is 1.75 bits per heavy atom. The molecular formula is C17H16FN3O3. The summed E-state index contributed by atoms with van der Waals surface area (Å²) in [7, 11) is 1.46. The number of carbonyl (C=O) groups excluding carboxylic acids is 1. The lowest BCUT2D eigenvalue weighted by atomic mass is 10.2. The van der Waals surface area contributed by atoms with Crippen LogP contribution in [0.15, 0.2) is 53.7 Å². The first-order chi connectivity index (χ1) is 11.7. The number of carbonyl (C=O) groups is 1. The summed E-state index contributed by atoms with van der Waals surface area (Å²) in [5.74, 6) is -0.928. The summed E-state index contributed by atoms with van der Waals surface area (Å²) in [5, 5.41) is 12.4. The van der Waals surface area contributed by atoms with Crippen molar-refractivity contribution in [1.82, 2.24) is 0 Å². The molecule has 6 nitrogen and oxygen atoms in total. The normalized spacial score (nSPS) is 16.2. The number of hydrogen-bond donors (Lipinski definition) is 1. The monoisotopic (exact) mass is 329 g/mol. The number of rotatable bonds is 3. The van der Waals surface area contributed by atoms with Gasteiger partial charge in [0.05, 0.1) is 23.6 Å². The van der Waals surface area contributed by atoms with Gasteiger partial charge in [0, 0.05) is 7.11 Å². The van der Waals surface area contributed by atoms with Crippen molar-refractivity contribution >= 4 is 28.7 Å². The molecule has 2 aromatic carbocycles. The Kier molecular flexibility index (Phi) is 4.43. The van der Waals surface area contributed by atoms with Crippen LogP contribution >= 0.6 is 0 Å². The van der Waals surface area contributed by atoms with Gasteiger partial charge in [-0.25, -0.2) is 4.39 Å². The Bertz CT molecular complexity index is 794. The van der Waals surface area contributed by atoms with E-state index >= 15 is 0 Å². The molecule has 1 heterocycles. The molecule has 1 N–H and O–H groups in total. The summed E-state index contributed by atoms with van der Waals surface area (Å²) in [6, 6.07) is 13.3. The van der Waals surface area contributed by atoms with Crippen molar-refractivity contribution in [3.8, 4) is 0 Å². The van der Waals surface area contributed by atoms with Gasteiger partial charge < -0.3 is 14.8 Å². The van der Waals surface area contributed by atoms with Gasteiger partial charge in [-0.05, 0) is 24.3 Å². The molecule has 0 fully saturated rings. The summed E-state index contributed by atoms with van der Waals surface area (Å²) in [4.78, 5) is 15.6. The number of nitrogens with zero attached hydrogens (tertiary/aromatic N) is 3. The number of fused-ring (bicyclic) bond motifs is 1. The number of methoxy groups -OCH3 is 1. The molecule has 7 heteroatoms. The van der Waals surface area contributed by atoms with Crippen LogP contribution in [-0.4, -0.2) is 37.2 Å². The number of hydrogen-bond acceptors (Lipinski definition) is 5. The van der Waals surface area contributed by atoms with Crippen molar-refractivity contribution in [2.45, 2.75) is 0 Å². The van der Waals surface area contributed by atoms with E-state index in [1.165, 1.54) is 18.1 Å². The van der Waals surface area contributed by atoms with E-state index < -0.39 is 11.7 Å². The largest absolute Gasteiger partial charge is 0.410 e. The van der Waals surface area contributed by atoms with Gasteiger partial charge >= 0.3 is 0 Å². The zero-order valence-corrected chi connectivity index (χ0v) is 13.0. The van der Waals surface area contributed by atoms with Crippen LogP contribution in [0.25, 0.3) is 0 Å². The maximum Gasteiger partial charge on any atom is 0.279 e. The van der Waals surface area contributed by atoms with Crippen molar-refractivity contribution in [3.63, 3.8) is 0 Å². The maximum atomic E-state index is 14.3. The number of benzene rings is 2. The molecule has 3 rings (SSSR count). The number of amides is 1. The average Bonchev–Trinajstić information content (AvgIpc) is 2.72. The predicted molar refractivity (Wildman–Crippen MR) is 88.4 cm³/mol. The van der Waals surface area contributed by atoms with Crippen LogP contribution in [0.5, 0.6) is 0 Å². The van der Waals surface area contributed by atoms with Crippen molar-refractivity contribution in [3.05, 3.63) is 54.3 Å². The molecule has 0 saturated heterocycles. The number of ether oxygens (including phenoxy) is 1. The second-order valence-corrected chi connectivity index (χ2v) is 5.22. The number of para-hydroxylation sites is 3. The first-order valence-electron chi connectivity index (χ1n) is 7.30. The van der Waals surface area contributed by atoms with E-state index in [4.69, 9.17) is 4.74 Å². The Hall–Kier alpha value is -2.93. The zero-order valence-electron chi connectivity index (χ0n) is 13.0. The fraction of sp³-hybridized carbons (Fsp3) is 0.176. The van der Waals surface area contributed by atoms with E-state index in [2.05, 4.69) is 5.16 Å². The van der Waals surface area contributed by atoms with Crippen LogP contribution in [0.4, 0.5) is 21.5 Å². The molecule has 1 amide bonds.